The maximum atomic E-state index is 10.2. The summed E-state index contributed by atoms with van der Waals surface area (Å²) in [6.45, 7) is 4.66. The van der Waals surface area contributed by atoms with E-state index in [-0.39, 0.29) is 5.92 Å². The lowest BCUT2D eigenvalue weighted by Crippen LogP contribution is -2.26. The van der Waals surface area contributed by atoms with Gasteiger partial charge in [0.25, 0.3) is 0 Å². The molecule has 0 amide bonds. The highest BCUT2D eigenvalue weighted by Gasteiger charge is 2.23. The molecule has 84 valence electrons. The number of aliphatic hydroxyl groups is 1. The van der Waals surface area contributed by atoms with Gasteiger partial charge in [0.1, 0.15) is 0 Å². The van der Waals surface area contributed by atoms with E-state index in [0.717, 1.165) is 10.0 Å². The molecule has 0 aliphatic heterocycles. The van der Waals surface area contributed by atoms with E-state index in [0.29, 0.717) is 12.5 Å². The van der Waals surface area contributed by atoms with E-state index in [9.17, 15) is 5.11 Å². The van der Waals surface area contributed by atoms with Crippen molar-refractivity contribution >= 4 is 15.9 Å². The van der Waals surface area contributed by atoms with Crippen molar-refractivity contribution in [2.45, 2.75) is 20.0 Å². The van der Waals surface area contributed by atoms with Gasteiger partial charge in [-0.1, -0.05) is 48.0 Å². The maximum absolute atomic E-state index is 10.2. The molecule has 3 heteroatoms. The summed E-state index contributed by atoms with van der Waals surface area (Å²) >= 11 is 3.44. The number of nitrogens with two attached hydrogens (primary N) is 1. The molecular formula is C12H18BrNO. The van der Waals surface area contributed by atoms with Crippen LogP contribution in [0.2, 0.25) is 0 Å². The quantitative estimate of drug-likeness (QED) is 0.885. The molecule has 0 bridgehead atoms. The normalized spacial score (nSPS) is 15.3. The van der Waals surface area contributed by atoms with E-state index in [1.165, 1.54) is 0 Å². The molecule has 0 saturated carbocycles. The molecule has 1 aromatic rings. The first-order valence-electron chi connectivity index (χ1n) is 5.20. The Morgan fingerprint density at radius 3 is 2.40 bits per heavy atom. The van der Waals surface area contributed by atoms with Gasteiger partial charge in [0, 0.05) is 10.4 Å². The molecule has 2 unspecified atom stereocenters. The van der Waals surface area contributed by atoms with E-state index < -0.39 is 6.10 Å². The number of hydrogen-bond donors (Lipinski definition) is 2. The van der Waals surface area contributed by atoms with Crippen LogP contribution in [-0.4, -0.2) is 11.7 Å². The minimum atomic E-state index is -0.495. The van der Waals surface area contributed by atoms with Crippen molar-refractivity contribution < 1.29 is 5.11 Å². The zero-order valence-corrected chi connectivity index (χ0v) is 10.7. The fraction of sp³-hybridized carbons (Fsp3) is 0.500. The predicted octanol–water partition coefficient (Wildman–Crippen LogP) is 2.71. The van der Waals surface area contributed by atoms with Gasteiger partial charge in [-0.15, -0.1) is 0 Å². The Kier molecular flexibility index (Phi) is 4.77. The van der Waals surface area contributed by atoms with Crippen molar-refractivity contribution in [3.8, 4) is 0 Å². The predicted molar refractivity (Wildman–Crippen MR) is 66.5 cm³/mol. The van der Waals surface area contributed by atoms with Gasteiger partial charge in [-0.2, -0.15) is 0 Å². The Bertz CT molecular complexity index is 314. The van der Waals surface area contributed by atoms with E-state index >= 15 is 0 Å². The average molecular weight is 272 g/mol. The third-order valence-electron chi connectivity index (χ3n) is 2.76. The highest BCUT2D eigenvalue weighted by Crippen LogP contribution is 2.31. The minimum Gasteiger partial charge on any atom is -0.388 e. The SMILES string of the molecule is CC(C)C(CN)C(O)c1ccccc1Br. The largest absolute Gasteiger partial charge is 0.388 e. The zero-order chi connectivity index (χ0) is 11.4. The topological polar surface area (TPSA) is 46.2 Å². The second-order valence-corrected chi connectivity index (χ2v) is 4.96. The van der Waals surface area contributed by atoms with Crippen molar-refractivity contribution in [2.75, 3.05) is 6.54 Å². The minimum absolute atomic E-state index is 0.101. The first-order chi connectivity index (χ1) is 7.07. The smallest absolute Gasteiger partial charge is 0.0843 e. The molecule has 1 rings (SSSR count). The monoisotopic (exact) mass is 271 g/mol. The number of benzene rings is 1. The van der Waals surface area contributed by atoms with Crippen molar-refractivity contribution in [1.82, 2.24) is 0 Å². The van der Waals surface area contributed by atoms with Crippen molar-refractivity contribution in [3.05, 3.63) is 34.3 Å². The first-order valence-corrected chi connectivity index (χ1v) is 5.99. The Morgan fingerprint density at radius 2 is 1.93 bits per heavy atom. The van der Waals surface area contributed by atoms with E-state index in [2.05, 4.69) is 29.8 Å². The van der Waals surface area contributed by atoms with Gasteiger partial charge in [0.15, 0.2) is 0 Å². The molecule has 15 heavy (non-hydrogen) atoms. The summed E-state index contributed by atoms with van der Waals surface area (Å²) in [5, 5.41) is 10.2. The van der Waals surface area contributed by atoms with Crippen LogP contribution in [0.5, 0.6) is 0 Å². The van der Waals surface area contributed by atoms with E-state index in [4.69, 9.17) is 5.73 Å². The van der Waals surface area contributed by atoms with Crippen LogP contribution >= 0.6 is 15.9 Å². The molecular weight excluding hydrogens is 254 g/mol. The molecule has 0 aliphatic rings. The van der Waals surface area contributed by atoms with Crippen molar-refractivity contribution in [1.29, 1.82) is 0 Å². The molecule has 0 spiro atoms. The lowest BCUT2D eigenvalue weighted by molar-refractivity contribution is 0.0855. The standard InChI is InChI=1S/C12H18BrNO/c1-8(2)10(7-14)12(15)9-5-3-4-6-11(9)13/h3-6,8,10,12,15H,7,14H2,1-2H3. The summed E-state index contributed by atoms with van der Waals surface area (Å²) in [6.07, 6.45) is -0.495. The van der Waals surface area contributed by atoms with E-state index in [1.54, 1.807) is 0 Å². The summed E-state index contributed by atoms with van der Waals surface area (Å²) in [6, 6.07) is 7.73. The molecule has 0 fully saturated rings. The van der Waals surface area contributed by atoms with Crippen LogP contribution in [0.25, 0.3) is 0 Å². The molecule has 0 saturated heterocycles. The molecule has 0 radical (unpaired) electrons. The Balaban J connectivity index is 2.92. The molecule has 2 atom stereocenters. The van der Waals surface area contributed by atoms with Gasteiger partial charge >= 0.3 is 0 Å². The van der Waals surface area contributed by atoms with Gasteiger partial charge in [0.2, 0.25) is 0 Å². The lowest BCUT2D eigenvalue weighted by Gasteiger charge is -2.25. The summed E-state index contributed by atoms with van der Waals surface area (Å²) in [7, 11) is 0. The van der Waals surface area contributed by atoms with Crippen LogP contribution in [0.1, 0.15) is 25.5 Å². The molecule has 3 N–H and O–H groups in total. The highest BCUT2D eigenvalue weighted by atomic mass is 79.9. The summed E-state index contributed by atoms with van der Waals surface area (Å²) in [5.74, 6) is 0.473. The van der Waals surface area contributed by atoms with Gasteiger partial charge < -0.3 is 10.8 Å². The summed E-state index contributed by atoms with van der Waals surface area (Å²) < 4.78 is 0.941. The second-order valence-electron chi connectivity index (χ2n) is 4.11. The van der Waals surface area contributed by atoms with E-state index in [1.807, 2.05) is 24.3 Å². The third-order valence-corrected chi connectivity index (χ3v) is 3.48. The number of halogens is 1. The highest BCUT2D eigenvalue weighted by molar-refractivity contribution is 9.10. The van der Waals surface area contributed by atoms with Crippen LogP contribution in [-0.2, 0) is 0 Å². The fourth-order valence-electron chi connectivity index (χ4n) is 1.71. The van der Waals surface area contributed by atoms with Crippen LogP contribution in [0.3, 0.4) is 0 Å². The fourth-order valence-corrected chi connectivity index (χ4v) is 2.23. The molecule has 0 aromatic heterocycles. The van der Waals surface area contributed by atoms with Gasteiger partial charge in [-0.25, -0.2) is 0 Å². The van der Waals surface area contributed by atoms with Crippen LogP contribution < -0.4 is 5.73 Å². The van der Waals surface area contributed by atoms with Crippen molar-refractivity contribution in [2.24, 2.45) is 17.6 Å². The van der Waals surface area contributed by atoms with Gasteiger partial charge in [0.05, 0.1) is 6.10 Å². The van der Waals surface area contributed by atoms with Crippen LogP contribution in [0.15, 0.2) is 28.7 Å². The third kappa shape index (κ3) is 3.03. The molecule has 1 aromatic carbocycles. The Morgan fingerprint density at radius 1 is 1.33 bits per heavy atom. The number of aliphatic hydroxyl groups excluding tert-OH is 1. The summed E-state index contributed by atoms with van der Waals surface area (Å²) in [5.41, 5.74) is 6.60. The Labute approximate surface area is 99.6 Å². The molecule has 0 aliphatic carbocycles. The number of rotatable bonds is 4. The van der Waals surface area contributed by atoms with Crippen LogP contribution in [0.4, 0.5) is 0 Å². The molecule has 2 nitrogen and oxygen atoms in total. The Hall–Kier alpha value is -0.380. The first kappa shape index (κ1) is 12.7. The second kappa shape index (κ2) is 5.64. The summed E-state index contributed by atoms with van der Waals surface area (Å²) in [4.78, 5) is 0. The molecule has 0 heterocycles. The van der Waals surface area contributed by atoms with Crippen molar-refractivity contribution in [3.63, 3.8) is 0 Å². The van der Waals surface area contributed by atoms with Gasteiger partial charge in [-0.3, -0.25) is 0 Å². The average Bonchev–Trinajstić information content (AvgIpc) is 2.18. The number of hydrogen-bond acceptors (Lipinski definition) is 2. The lowest BCUT2D eigenvalue weighted by atomic mass is 9.87. The van der Waals surface area contributed by atoms with Gasteiger partial charge in [-0.05, 0) is 24.1 Å². The zero-order valence-electron chi connectivity index (χ0n) is 9.15. The maximum Gasteiger partial charge on any atom is 0.0843 e. The van der Waals surface area contributed by atoms with Crippen LogP contribution in [0, 0.1) is 11.8 Å².